The molecule has 2 unspecified atom stereocenters. The standard InChI is InChI=1S/C17H34N2O4/c1-13(18-12-17(5,6)21-7)10-14-11-22-9-8-19(14)15(20)23-16(2,3)4/h13-14,18H,8-12H2,1-7H3. The Balaban J connectivity index is 2.56. The van der Waals surface area contributed by atoms with Gasteiger partial charge in [0.1, 0.15) is 5.60 Å². The highest BCUT2D eigenvalue weighted by Crippen LogP contribution is 2.18. The van der Waals surface area contributed by atoms with E-state index in [4.69, 9.17) is 14.2 Å². The first-order chi connectivity index (χ1) is 10.5. The molecule has 23 heavy (non-hydrogen) atoms. The van der Waals surface area contributed by atoms with Crippen LogP contribution in [0, 0.1) is 0 Å². The van der Waals surface area contributed by atoms with Crippen molar-refractivity contribution in [3.05, 3.63) is 0 Å². The van der Waals surface area contributed by atoms with Gasteiger partial charge < -0.3 is 24.4 Å². The van der Waals surface area contributed by atoms with E-state index in [9.17, 15) is 4.79 Å². The summed E-state index contributed by atoms with van der Waals surface area (Å²) in [6.07, 6.45) is 0.564. The molecule has 0 bridgehead atoms. The highest BCUT2D eigenvalue weighted by molar-refractivity contribution is 5.68. The highest BCUT2D eigenvalue weighted by atomic mass is 16.6. The van der Waals surface area contributed by atoms with Crippen LogP contribution in [0.1, 0.15) is 48.0 Å². The molecule has 2 atom stereocenters. The lowest BCUT2D eigenvalue weighted by atomic mass is 10.0. The lowest BCUT2D eigenvalue weighted by molar-refractivity contribution is -0.0364. The number of hydrogen-bond donors (Lipinski definition) is 1. The molecule has 0 spiro atoms. The normalized spacial score (nSPS) is 21.2. The zero-order valence-electron chi connectivity index (χ0n) is 15.8. The van der Waals surface area contributed by atoms with Crippen LogP contribution >= 0.6 is 0 Å². The van der Waals surface area contributed by atoms with Gasteiger partial charge in [0.2, 0.25) is 0 Å². The van der Waals surface area contributed by atoms with Crippen LogP contribution in [-0.4, -0.2) is 67.7 Å². The van der Waals surface area contributed by atoms with Gasteiger partial charge in [-0.15, -0.1) is 0 Å². The fourth-order valence-corrected chi connectivity index (χ4v) is 2.39. The van der Waals surface area contributed by atoms with Gasteiger partial charge in [-0.25, -0.2) is 4.79 Å². The average Bonchev–Trinajstić information content (AvgIpc) is 2.44. The molecule has 0 saturated carbocycles. The van der Waals surface area contributed by atoms with Crippen LogP contribution in [0.25, 0.3) is 0 Å². The second kappa shape index (κ2) is 8.31. The summed E-state index contributed by atoms with van der Waals surface area (Å²) >= 11 is 0. The molecule has 1 fully saturated rings. The number of carbonyl (C=O) groups excluding carboxylic acids is 1. The molecule has 136 valence electrons. The molecule has 1 aliphatic rings. The van der Waals surface area contributed by atoms with E-state index in [1.54, 1.807) is 12.0 Å². The summed E-state index contributed by atoms with van der Waals surface area (Å²) in [6.45, 7) is 14.3. The molecule has 0 aromatic carbocycles. The van der Waals surface area contributed by atoms with Crippen LogP contribution in [-0.2, 0) is 14.2 Å². The van der Waals surface area contributed by atoms with Crippen LogP contribution in [0.5, 0.6) is 0 Å². The number of hydrogen-bond acceptors (Lipinski definition) is 5. The maximum Gasteiger partial charge on any atom is 0.410 e. The second-order valence-electron chi connectivity index (χ2n) is 7.88. The maximum absolute atomic E-state index is 12.4. The Kier molecular flexibility index (Phi) is 7.29. The SMILES string of the molecule is COC(C)(C)CNC(C)CC1COCCN1C(=O)OC(C)(C)C. The molecule has 6 heteroatoms. The van der Waals surface area contributed by atoms with E-state index in [-0.39, 0.29) is 23.8 Å². The summed E-state index contributed by atoms with van der Waals surface area (Å²) in [5.74, 6) is 0. The van der Waals surface area contributed by atoms with Crippen molar-refractivity contribution in [2.24, 2.45) is 0 Å². The van der Waals surface area contributed by atoms with Crippen LogP contribution < -0.4 is 5.32 Å². The van der Waals surface area contributed by atoms with Crippen molar-refractivity contribution in [1.82, 2.24) is 10.2 Å². The van der Waals surface area contributed by atoms with Crippen molar-refractivity contribution in [3.63, 3.8) is 0 Å². The predicted molar refractivity (Wildman–Crippen MR) is 90.7 cm³/mol. The molecule has 1 saturated heterocycles. The van der Waals surface area contributed by atoms with Crippen molar-refractivity contribution < 1.29 is 19.0 Å². The van der Waals surface area contributed by atoms with Crippen LogP contribution in [0.15, 0.2) is 0 Å². The monoisotopic (exact) mass is 330 g/mol. The van der Waals surface area contributed by atoms with Gasteiger partial charge in [0.15, 0.2) is 0 Å². The minimum atomic E-state index is -0.480. The fraction of sp³-hybridized carbons (Fsp3) is 0.941. The molecule has 0 radical (unpaired) electrons. The summed E-state index contributed by atoms with van der Waals surface area (Å²) in [5, 5.41) is 3.47. The molecule has 0 aromatic heterocycles. The van der Waals surface area contributed by atoms with Crippen molar-refractivity contribution >= 4 is 6.09 Å². The van der Waals surface area contributed by atoms with E-state index in [0.29, 0.717) is 19.8 Å². The fourth-order valence-electron chi connectivity index (χ4n) is 2.39. The van der Waals surface area contributed by atoms with Crippen LogP contribution in [0.4, 0.5) is 4.79 Å². The predicted octanol–water partition coefficient (Wildman–Crippen LogP) is 2.42. The van der Waals surface area contributed by atoms with Crippen molar-refractivity contribution in [3.8, 4) is 0 Å². The van der Waals surface area contributed by atoms with E-state index >= 15 is 0 Å². The molecule has 1 N–H and O–H groups in total. The van der Waals surface area contributed by atoms with Crippen molar-refractivity contribution in [1.29, 1.82) is 0 Å². The minimum Gasteiger partial charge on any atom is -0.444 e. The van der Waals surface area contributed by atoms with E-state index in [2.05, 4.69) is 12.2 Å². The Morgan fingerprint density at radius 3 is 2.57 bits per heavy atom. The van der Waals surface area contributed by atoms with Gasteiger partial charge in [-0.1, -0.05) is 0 Å². The Hall–Kier alpha value is -0.850. The van der Waals surface area contributed by atoms with Crippen LogP contribution in [0.3, 0.4) is 0 Å². The summed E-state index contributed by atoms with van der Waals surface area (Å²) in [4.78, 5) is 14.2. The summed E-state index contributed by atoms with van der Waals surface area (Å²) in [5.41, 5.74) is -0.686. The second-order valence-corrected chi connectivity index (χ2v) is 7.88. The third-order valence-electron chi connectivity index (χ3n) is 3.91. The van der Waals surface area contributed by atoms with E-state index in [0.717, 1.165) is 13.0 Å². The van der Waals surface area contributed by atoms with Gasteiger partial charge in [-0.05, 0) is 48.0 Å². The van der Waals surface area contributed by atoms with Gasteiger partial charge in [-0.2, -0.15) is 0 Å². The molecule has 6 nitrogen and oxygen atoms in total. The van der Waals surface area contributed by atoms with Crippen molar-refractivity contribution in [2.45, 2.75) is 71.2 Å². The number of nitrogens with zero attached hydrogens (tertiary/aromatic N) is 1. The Morgan fingerprint density at radius 1 is 1.35 bits per heavy atom. The molecule has 0 aromatic rings. The molecule has 1 rings (SSSR count). The molecule has 1 aliphatic heterocycles. The van der Waals surface area contributed by atoms with E-state index in [1.165, 1.54) is 0 Å². The Labute approximate surface area is 140 Å². The van der Waals surface area contributed by atoms with E-state index < -0.39 is 5.60 Å². The summed E-state index contributed by atoms with van der Waals surface area (Å²) in [7, 11) is 1.71. The van der Waals surface area contributed by atoms with E-state index in [1.807, 2.05) is 34.6 Å². The third kappa shape index (κ3) is 7.50. The molecule has 1 amide bonds. The van der Waals surface area contributed by atoms with Gasteiger partial charge in [0, 0.05) is 26.2 Å². The number of methoxy groups -OCH3 is 1. The quantitative estimate of drug-likeness (QED) is 0.810. The first kappa shape index (κ1) is 20.2. The highest BCUT2D eigenvalue weighted by Gasteiger charge is 2.32. The zero-order chi connectivity index (χ0) is 17.7. The lowest BCUT2D eigenvalue weighted by Gasteiger charge is -2.38. The first-order valence-corrected chi connectivity index (χ1v) is 8.40. The van der Waals surface area contributed by atoms with Crippen molar-refractivity contribution in [2.75, 3.05) is 33.4 Å². The van der Waals surface area contributed by atoms with Gasteiger partial charge >= 0.3 is 6.09 Å². The number of rotatable bonds is 6. The summed E-state index contributed by atoms with van der Waals surface area (Å²) < 4.78 is 16.5. The smallest absolute Gasteiger partial charge is 0.410 e. The molecule has 0 aliphatic carbocycles. The molecular weight excluding hydrogens is 296 g/mol. The number of morpholine rings is 1. The summed E-state index contributed by atoms with van der Waals surface area (Å²) in [6, 6.07) is 0.285. The first-order valence-electron chi connectivity index (χ1n) is 8.40. The Bertz CT molecular complexity index is 379. The Morgan fingerprint density at radius 2 is 2.00 bits per heavy atom. The topological polar surface area (TPSA) is 60.0 Å². The maximum atomic E-state index is 12.4. The van der Waals surface area contributed by atoms with Gasteiger partial charge in [-0.3, -0.25) is 0 Å². The largest absolute Gasteiger partial charge is 0.444 e. The molecule has 1 heterocycles. The number of carbonyl (C=O) groups is 1. The van der Waals surface area contributed by atoms with Crippen LogP contribution in [0.2, 0.25) is 0 Å². The minimum absolute atomic E-state index is 0.0340. The molecular formula is C17H34N2O4. The number of nitrogens with one attached hydrogen (secondary N) is 1. The van der Waals surface area contributed by atoms with Gasteiger partial charge in [0.25, 0.3) is 0 Å². The average molecular weight is 330 g/mol. The number of amides is 1. The number of ether oxygens (including phenoxy) is 3. The third-order valence-corrected chi connectivity index (χ3v) is 3.91. The zero-order valence-corrected chi connectivity index (χ0v) is 15.8. The van der Waals surface area contributed by atoms with Gasteiger partial charge in [0.05, 0.1) is 24.9 Å². The lowest BCUT2D eigenvalue weighted by Crippen LogP contribution is -2.52.